The molecule has 0 saturated heterocycles. The summed E-state index contributed by atoms with van der Waals surface area (Å²) < 4.78 is 19.5. The summed E-state index contributed by atoms with van der Waals surface area (Å²) in [5.41, 5.74) is 6.70. The van der Waals surface area contributed by atoms with Gasteiger partial charge in [-0.25, -0.2) is 14.8 Å². The molecule has 3 saturated carbocycles. The second kappa shape index (κ2) is 4.32. The molecule has 1 atom stereocenters. The molecule has 114 valence electrons. The molecule has 2 aromatic rings. The monoisotopic (exact) mass is 299 g/mol. The number of furan rings is 1. The van der Waals surface area contributed by atoms with Gasteiger partial charge in [-0.15, -0.1) is 0 Å². The number of nitrogens with one attached hydrogen (secondary N) is 2. The van der Waals surface area contributed by atoms with Gasteiger partial charge in [-0.3, -0.25) is 0 Å². The maximum Gasteiger partial charge on any atom is 0.181 e. The summed E-state index contributed by atoms with van der Waals surface area (Å²) >= 11 is 0. The predicted molar refractivity (Wildman–Crippen MR) is 81.8 cm³/mol. The minimum atomic E-state index is -0.332. The van der Waals surface area contributed by atoms with E-state index in [2.05, 4.69) is 10.9 Å². The molecular formula is C17H18FN3O. The van der Waals surface area contributed by atoms with Crippen molar-refractivity contribution in [2.45, 2.75) is 37.8 Å². The van der Waals surface area contributed by atoms with Gasteiger partial charge in [-0.05, 0) is 56.1 Å². The summed E-state index contributed by atoms with van der Waals surface area (Å²) in [6.07, 6.45) is 6.22. The standard InChI is InChI=1S/C17H18FN3O/c18-13-3-1-2-11-8-14(22-15(11)13)16-19-17(21-20-16)9-10-4-6-12(17)7-5-10/h1-3,8,10,12,21H,4-7,9H2,(H,19,20)/t10?,12?,17-/m0/s1. The van der Waals surface area contributed by atoms with Crippen molar-refractivity contribution in [3.8, 4) is 0 Å². The van der Waals surface area contributed by atoms with E-state index in [1.807, 2.05) is 12.1 Å². The highest BCUT2D eigenvalue weighted by molar-refractivity contribution is 6.00. The van der Waals surface area contributed by atoms with Gasteiger partial charge in [-0.2, -0.15) is 0 Å². The van der Waals surface area contributed by atoms with Crippen molar-refractivity contribution in [3.63, 3.8) is 0 Å². The number of hydrogen-bond acceptors (Lipinski definition) is 4. The first-order chi connectivity index (χ1) is 10.7. The van der Waals surface area contributed by atoms with Gasteiger partial charge in [0.05, 0.1) is 0 Å². The average Bonchev–Trinajstić information content (AvgIpc) is 3.14. The SMILES string of the molecule is Fc1cccc2cc(C3=N[C@@]4(CC5CCC4CC5)NN3)oc12. The Hall–Kier alpha value is -1.88. The zero-order valence-electron chi connectivity index (χ0n) is 12.2. The number of fused-ring (bicyclic) bond motifs is 3. The Balaban J connectivity index is 1.55. The number of rotatable bonds is 1. The Morgan fingerprint density at radius 3 is 2.82 bits per heavy atom. The Kier molecular flexibility index (Phi) is 2.48. The lowest BCUT2D eigenvalue weighted by Crippen LogP contribution is -2.56. The number of hydrogen-bond donors (Lipinski definition) is 2. The fourth-order valence-corrected chi connectivity index (χ4v) is 4.42. The molecule has 2 heterocycles. The number of hydrazine groups is 1. The van der Waals surface area contributed by atoms with Gasteiger partial charge >= 0.3 is 0 Å². The molecule has 0 unspecified atom stereocenters. The van der Waals surface area contributed by atoms with Crippen LogP contribution in [0.15, 0.2) is 33.7 Å². The number of benzene rings is 1. The van der Waals surface area contributed by atoms with Gasteiger partial charge in [0, 0.05) is 5.39 Å². The lowest BCUT2D eigenvalue weighted by Gasteiger charge is -2.47. The van der Waals surface area contributed by atoms with E-state index in [-0.39, 0.29) is 11.5 Å². The summed E-state index contributed by atoms with van der Waals surface area (Å²) in [6, 6.07) is 6.82. The third-order valence-electron chi connectivity index (χ3n) is 5.56. The molecule has 5 heteroatoms. The van der Waals surface area contributed by atoms with Crippen molar-refractivity contribution in [2.24, 2.45) is 16.8 Å². The molecule has 1 aromatic carbocycles. The van der Waals surface area contributed by atoms with Gasteiger partial charge in [0.15, 0.2) is 23.0 Å². The topological polar surface area (TPSA) is 49.6 Å². The molecule has 4 nitrogen and oxygen atoms in total. The quantitative estimate of drug-likeness (QED) is 0.849. The number of para-hydroxylation sites is 1. The van der Waals surface area contributed by atoms with Crippen LogP contribution in [0.25, 0.3) is 11.0 Å². The minimum Gasteiger partial charge on any atom is -0.450 e. The van der Waals surface area contributed by atoms with E-state index >= 15 is 0 Å². The maximum absolute atomic E-state index is 13.8. The van der Waals surface area contributed by atoms with E-state index in [1.165, 1.54) is 31.7 Å². The van der Waals surface area contributed by atoms with Crippen LogP contribution in [0.3, 0.4) is 0 Å². The summed E-state index contributed by atoms with van der Waals surface area (Å²) in [5, 5.41) is 0.769. The first-order valence-electron chi connectivity index (χ1n) is 8.05. The van der Waals surface area contributed by atoms with Crippen LogP contribution < -0.4 is 10.9 Å². The van der Waals surface area contributed by atoms with Crippen LogP contribution in [-0.4, -0.2) is 11.5 Å². The molecular weight excluding hydrogens is 281 g/mol. The molecule has 0 amide bonds. The Morgan fingerprint density at radius 1 is 1.23 bits per heavy atom. The normalized spacial score (nSPS) is 33.4. The molecule has 3 fully saturated rings. The molecule has 1 aliphatic heterocycles. The minimum absolute atomic E-state index is 0.186. The highest BCUT2D eigenvalue weighted by Crippen LogP contribution is 2.48. The third kappa shape index (κ3) is 1.69. The Bertz CT molecular complexity index is 775. The van der Waals surface area contributed by atoms with Crippen molar-refractivity contribution in [1.82, 2.24) is 10.9 Å². The van der Waals surface area contributed by atoms with Crippen molar-refractivity contribution in [2.75, 3.05) is 0 Å². The van der Waals surface area contributed by atoms with E-state index in [9.17, 15) is 4.39 Å². The molecule has 1 aromatic heterocycles. The van der Waals surface area contributed by atoms with Crippen molar-refractivity contribution in [1.29, 1.82) is 0 Å². The first-order valence-corrected chi connectivity index (χ1v) is 8.05. The van der Waals surface area contributed by atoms with E-state index in [0.29, 0.717) is 23.1 Å². The van der Waals surface area contributed by atoms with Gasteiger partial charge < -0.3 is 9.84 Å². The fourth-order valence-electron chi connectivity index (χ4n) is 4.42. The van der Waals surface area contributed by atoms with Crippen molar-refractivity contribution in [3.05, 3.63) is 35.8 Å². The highest BCUT2D eigenvalue weighted by Gasteiger charge is 2.50. The van der Waals surface area contributed by atoms with E-state index < -0.39 is 0 Å². The van der Waals surface area contributed by atoms with Gasteiger partial charge in [0.25, 0.3) is 0 Å². The van der Waals surface area contributed by atoms with Gasteiger partial charge in [-0.1, -0.05) is 12.1 Å². The molecule has 2 N–H and O–H groups in total. The molecule has 4 aliphatic rings. The second-order valence-electron chi connectivity index (χ2n) is 6.83. The fraction of sp³-hybridized carbons (Fsp3) is 0.471. The summed E-state index contributed by atoms with van der Waals surface area (Å²) in [7, 11) is 0. The van der Waals surface area contributed by atoms with Crippen LogP contribution in [0.2, 0.25) is 0 Å². The van der Waals surface area contributed by atoms with Crippen LogP contribution in [0.1, 0.15) is 37.9 Å². The number of amidine groups is 1. The van der Waals surface area contributed by atoms with E-state index in [1.54, 1.807) is 6.07 Å². The maximum atomic E-state index is 13.8. The highest BCUT2D eigenvalue weighted by atomic mass is 19.1. The molecule has 0 radical (unpaired) electrons. The predicted octanol–water partition coefficient (Wildman–Crippen LogP) is 3.33. The van der Waals surface area contributed by atoms with Crippen molar-refractivity contribution >= 4 is 16.8 Å². The summed E-state index contributed by atoms with van der Waals surface area (Å²) in [5.74, 6) is 2.33. The molecule has 1 spiro atoms. The van der Waals surface area contributed by atoms with Crippen LogP contribution in [-0.2, 0) is 0 Å². The first kappa shape index (κ1) is 12.6. The van der Waals surface area contributed by atoms with Gasteiger partial charge in [0.2, 0.25) is 0 Å². The molecule has 6 rings (SSSR count). The average molecular weight is 299 g/mol. The Labute approximate surface area is 127 Å². The van der Waals surface area contributed by atoms with E-state index in [4.69, 9.17) is 9.41 Å². The molecule has 22 heavy (non-hydrogen) atoms. The van der Waals surface area contributed by atoms with Crippen LogP contribution >= 0.6 is 0 Å². The van der Waals surface area contributed by atoms with Crippen LogP contribution in [0.5, 0.6) is 0 Å². The van der Waals surface area contributed by atoms with Crippen molar-refractivity contribution < 1.29 is 8.81 Å². The number of halogens is 1. The van der Waals surface area contributed by atoms with Crippen LogP contribution in [0.4, 0.5) is 4.39 Å². The zero-order chi connectivity index (χ0) is 14.7. The lowest BCUT2D eigenvalue weighted by atomic mass is 9.65. The Morgan fingerprint density at radius 2 is 2.09 bits per heavy atom. The number of aliphatic imine (C=N–C) groups is 1. The molecule has 2 bridgehead atoms. The summed E-state index contributed by atoms with van der Waals surface area (Å²) in [6.45, 7) is 0. The zero-order valence-corrected chi connectivity index (χ0v) is 12.2. The second-order valence-corrected chi connectivity index (χ2v) is 6.83. The summed E-state index contributed by atoms with van der Waals surface area (Å²) in [4.78, 5) is 4.94. The molecule has 3 aliphatic carbocycles. The van der Waals surface area contributed by atoms with E-state index in [0.717, 1.165) is 17.7 Å². The van der Waals surface area contributed by atoms with Gasteiger partial charge in [0.1, 0.15) is 5.66 Å². The number of nitrogens with zero attached hydrogens (tertiary/aromatic N) is 1. The third-order valence-corrected chi connectivity index (χ3v) is 5.56. The lowest BCUT2D eigenvalue weighted by molar-refractivity contribution is 0.0506. The van der Waals surface area contributed by atoms with Crippen LogP contribution in [0, 0.1) is 17.7 Å². The smallest absolute Gasteiger partial charge is 0.181 e. The largest absolute Gasteiger partial charge is 0.450 e.